The summed E-state index contributed by atoms with van der Waals surface area (Å²) in [7, 11) is 1.74. The Bertz CT molecular complexity index is 136. The summed E-state index contributed by atoms with van der Waals surface area (Å²) >= 11 is 0. The number of ether oxygens (including phenoxy) is 1. The monoisotopic (exact) mass is 137 g/mol. The van der Waals surface area contributed by atoms with Gasteiger partial charge in [-0.15, -0.1) is 0 Å². The summed E-state index contributed by atoms with van der Waals surface area (Å²) in [6, 6.07) is 0. The van der Waals surface area contributed by atoms with Crippen molar-refractivity contribution in [3.8, 4) is 0 Å². The summed E-state index contributed by atoms with van der Waals surface area (Å²) in [5, 5.41) is 0. The Hall–Kier alpha value is -0.690. The normalized spacial score (nSPS) is 23.9. The Kier molecular flexibility index (Phi) is 3.10. The lowest BCUT2D eigenvalue weighted by atomic mass is 10.1. The van der Waals surface area contributed by atoms with Crippen LogP contribution in [0.25, 0.3) is 0 Å². The lowest BCUT2D eigenvalue weighted by Gasteiger charge is -2.01. The molecule has 0 saturated heterocycles. The maximum atomic E-state index is 5.04. The third kappa shape index (κ3) is 2.28. The van der Waals surface area contributed by atoms with Gasteiger partial charge in [0.15, 0.2) is 0 Å². The molecule has 0 N–H and O–H groups in total. The first-order chi connectivity index (χ1) is 4.93. The molecule has 54 valence electrons. The highest BCUT2D eigenvalue weighted by atomic mass is 16.5. The van der Waals surface area contributed by atoms with Crippen molar-refractivity contribution < 1.29 is 4.74 Å². The fraction of sp³-hybridized carbons (Fsp3) is 0.444. The lowest BCUT2D eigenvalue weighted by Crippen LogP contribution is -2.02. The van der Waals surface area contributed by atoms with Crippen LogP contribution in [0.4, 0.5) is 0 Å². The van der Waals surface area contributed by atoms with Crippen molar-refractivity contribution in [2.24, 2.45) is 5.92 Å². The van der Waals surface area contributed by atoms with Crippen LogP contribution in [-0.4, -0.2) is 13.7 Å². The van der Waals surface area contributed by atoms with E-state index < -0.39 is 0 Å². The van der Waals surface area contributed by atoms with Gasteiger partial charge in [-0.05, 0) is 0 Å². The third-order valence-electron chi connectivity index (χ3n) is 1.56. The molecule has 0 radical (unpaired) electrons. The summed E-state index contributed by atoms with van der Waals surface area (Å²) in [6.45, 7) is 0.828. The van der Waals surface area contributed by atoms with Gasteiger partial charge in [-0.25, -0.2) is 0 Å². The minimum Gasteiger partial charge on any atom is -0.383 e. The second-order valence-electron chi connectivity index (χ2n) is 2.46. The van der Waals surface area contributed by atoms with Gasteiger partial charge in [0, 0.05) is 44.3 Å². The van der Waals surface area contributed by atoms with Crippen LogP contribution in [-0.2, 0) is 4.74 Å². The van der Waals surface area contributed by atoms with E-state index in [9.17, 15) is 0 Å². The molecule has 1 unspecified atom stereocenters. The van der Waals surface area contributed by atoms with Gasteiger partial charge in [0.2, 0.25) is 0 Å². The van der Waals surface area contributed by atoms with E-state index in [1.807, 2.05) is 0 Å². The largest absolute Gasteiger partial charge is 0.383 e. The average Bonchev–Trinajstić information content (AvgIpc) is 2.17. The van der Waals surface area contributed by atoms with Gasteiger partial charge in [0.1, 0.15) is 0 Å². The van der Waals surface area contributed by atoms with Gasteiger partial charge in [-0.1, -0.05) is 0 Å². The SMILES string of the molecule is COCC1C=C[CH+]C=CC1. The molecule has 10 heavy (non-hydrogen) atoms. The quantitative estimate of drug-likeness (QED) is 0.529. The highest BCUT2D eigenvalue weighted by molar-refractivity contribution is 5.13. The van der Waals surface area contributed by atoms with Gasteiger partial charge in [-0.2, -0.15) is 0 Å². The Morgan fingerprint density at radius 2 is 2.50 bits per heavy atom. The van der Waals surface area contributed by atoms with E-state index in [-0.39, 0.29) is 0 Å². The van der Waals surface area contributed by atoms with Crippen molar-refractivity contribution >= 4 is 0 Å². The summed E-state index contributed by atoms with van der Waals surface area (Å²) < 4.78 is 5.04. The standard InChI is InChI=1S/C9H13O/c1-10-8-9-6-4-2-3-5-7-9/h2-6,9H,7-8H2,1H3/q+1. The number of hydrogen-bond donors (Lipinski definition) is 0. The molecule has 1 nitrogen and oxygen atoms in total. The summed E-state index contributed by atoms with van der Waals surface area (Å²) in [5.41, 5.74) is 0. The first kappa shape index (κ1) is 7.42. The molecular weight excluding hydrogens is 124 g/mol. The van der Waals surface area contributed by atoms with Gasteiger partial charge >= 0.3 is 0 Å². The minimum absolute atomic E-state index is 0.569. The Balaban J connectivity index is 2.36. The van der Waals surface area contributed by atoms with Gasteiger partial charge in [0.25, 0.3) is 0 Å². The van der Waals surface area contributed by atoms with Gasteiger partial charge in [0.05, 0.1) is 12.5 Å². The first-order valence-electron chi connectivity index (χ1n) is 3.59. The van der Waals surface area contributed by atoms with E-state index in [2.05, 4.69) is 30.7 Å². The minimum atomic E-state index is 0.569. The molecule has 1 atom stereocenters. The zero-order valence-electron chi connectivity index (χ0n) is 6.29. The smallest absolute Gasteiger partial charge is 0.0655 e. The van der Waals surface area contributed by atoms with Crippen LogP contribution in [0.5, 0.6) is 0 Å². The molecule has 1 heteroatoms. The van der Waals surface area contributed by atoms with Crippen LogP contribution in [0.2, 0.25) is 0 Å². The molecule has 1 rings (SSSR count). The predicted octanol–water partition coefficient (Wildman–Crippen LogP) is 1.97. The molecule has 0 fully saturated rings. The number of rotatable bonds is 2. The van der Waals surface area contributed by atoms with E-state index in [0.717, 1.165) is 13.0 Å². The number of allylic oxidation sites excluding steroid dienone is 3. The molecule has 1 aliphatic rings. The van der Waals surface area contributed by atoms with Crippen LogP contribution in [0, 0.1) is 12.3 Å². The Labute approximate surface area is 62.4 Å². The van der Waals surface area contributed by atoms with Crippen LogP contribution >= 0.6 is 0 Å². The van der Waals surface area contributed by atoms with E-state index in [0.29, 0.717) is 5.92 Å². The summed E-state index contributed by atoms with van der Waals surface area (Å²) in [5.74, 6) is 0.569. The fourth-order valence-corrected chi connectivity index (χ4v) is 1.03. The molecule has 0 heterocycles. The molecule has 0 aromatic rings. The molecule has 0 amide bonds. The molecular formula is C9H13O+. The van der Waals surface area contributed by atoms with Crippen LogP contribution < -0.4 is 0 Å². The van der Waals surface area contributed by atoms with E-state index in [4.69, 9.17) is 4.74 Å². The molecule has 0 aromatic carbocycles. The second-order valence-corrected chi connectivity index (χ2v) is 2.46. The Morgan fingerprint density at radius 1 is 1.60 bits per heavy atom. The fourth-order valence-electron chi connectivity index (χ4n) is 1.03. The average molecular weight is 137 g/mol. The highest BCUT2D eigenvalue weighted by Gasteiger charge is 2.07. The van der Waals surface area contributed by atoms with Crippen LogP contribution in [0.15, 0.2) is 24.3 Å². The lowest BCUT2D eigenvalue weighted by molar-refractivity contribution is 0.171. The topological polar surface area (TPSA) is 9.23 Å². The molecule has 0 aromatic heterocycles. The van der Waals surface area contributed by atoms with E-state index in [1.54, 1.807) is 7.11 Å². The van der Waals surface area contributed by atoms with Crippen molar-refractivity contribution in [2.45, 2.75) is 6.42 Å². The zero-order chi connectivity index (χ0) is 7.23. The van der Waals surface area contributed by atoms with Crippen molar-refractivity contribution in [2.75, 3.05) is 13.7 Å². The van der Waals surface area contributed by atoms with Crippen molar-refractivity contribution in [1.29, 1.82) is 0 Å². The molecule has 0 spiro atoms. The first-order valence-corrected chi connectivity index (χ1v) is 3.59. The predicted molar refractivity (Wildman–Crippen MR) is 42.6 cm³/mol. The maximum absolute atomic E-state index is 5.04. The molecule has 1 aliphatic carbocycles. The van der Waals surface area contributed by atoms with Gasteiger partial charge in [-0.3, -0.25) is 0 Å². The van der Waals surface area contributed by atoms with Crippen LogP contribution in [0.1, 0.15) is 6.42 Å². The molecule has 0 bridgehead atoms. The number of methoxy groups -OCH3 is 1. The maximum Gasteiger partial charge on any atom is 0.0655 e. The van der Waals surface area contributed by atoms with Crippen molar-refractivity contribution in [1.82, 2.24) is 0 Å². The van der Waals surface area contributed by atoms with Crippen molar-refractivity contribution in [3.05, 3.63) is 30.7 Å². The summed E-state index contributed by atoms with van der Waals surface area (Å²) in [4.78, 5) is 0. The second kappa shape index (κ2) is 4.18. The molecule has 0 saturated carbocycles. The third-order valence-corrected chi connectivity index (χ3v) is 1.56. The Morgan fingerprint density at radius 3 is 3.30 bits per heavy atom. The van der Waals surface area contributed by atoms with E-state index in [1.165, 1.54) is 0 Å². The van der Waals surface area contributed by atoms with Gasteiger partial charge < -0.3 is 4.74 Å². The van der Waals surface area contributed by atoms with Crippen LogP contribution in [0.3, 0.4) is 0 Å². The zero-order valence-corrected chi connectivity index (χ0v) is 6.29. The highest BCUT2D eigenvalue weighted by Crippen LogP contribution is 2.10. The summed E-state index contributed by atoms with van der Waals surface area (Å²) in [6.07, 6.45) is 11.7. The molecule has 0 aliphatic heterocycles. The van der Waals surface area contributed by atoms with E-state index >= 15 is 0 Å². The number of hydrogen-bond acceptors (Lipinski definition) is 1. The van der Waals surface area contributed by atoms with Crippen molar-refractivity contribution in [3.63, 3.8) is 0 Å².